The Hall–Kier alpha value is -3.61. The summed E-state index contributed by atoms with van der Waals surface area (Å²) >= 11 is 0. The molecule has 28 heavy (non-hydrogen) atoms. The number of carbonyl (C=O) groups excluding carboxylic acids is 1. The predicted molar refractivity (Wildman–Crippen MR) is 111 cm³/mol. The highest BCUT2D eigenvalue weighted by Crippen LogP contribution is 2.21. The van der Waals surface area contributed by atoms with Gasteiger partial charge in [-0.05, 0) is 57.2 Å². The molecule has 0 fully saturated rings. The number of ether oxygens (including phenoxy) is 1. The number of nitrogens with zero attached hydrogens (tertiary/aromatic N) is 2. The molecule has 0 saturated heterocycles. The number of para-hydroxylation sites is 1. The second-order valence-corrected chi connectivity index (χ2v) is 7.09. The molecule has 0 atom stereocenters. The second-order valence-electron chi connectivity index (χ2n) is 7.09. The smallest absolute Gasteiger partial charge is 0.412 e. The quantitative estimate of drug-likeness (QED) is 0.558. The van der Waals surface area contributed by atoms with E-state index in [2.05, 4.69) is 25.9 Å². The number of benzene rings is 2. The van der Waals surface area contributed by atoms with Gasteiger partial charge in [-0.3, -0.25) is 5.32 Å². The zero-order valence-electron chi connectivity index (χ0n) is 16.1. The zero-order chi connectivity index (χ0) is 20.0. The highest BCUT2D eigenvalue weighted by molar-refractivity contribution is 5.85. The van der Waals surface area contributed by atoms with Crippen LogP contribution < -0.4 is 16.0 Å². The maximum Gasteiger partial charge on any atom is 0.412 e. The van der Waals surface area contributed by atoms with Gasteiger partial charge >= 0.3 is 6.09 Å². The summed E-state index contributed by atoms with van der Waals surface area (Å²) in [6.07, 6.45) is 1.17. The predicted octanol–water partition coefficient (Wildman–Crippen LogP) is 5.31. The Balaban J connectivity index is 1.67. The third-order valence-corrected chi connectivity index (χ3v) is 3.47. The molecule has 0 spiro atoms. The van der Waals surface area contributed by atoms with E-state index in [9.17, 15) is 4.79 Å². The molecule has 3 aromatic rings. The molecule has 0 aliphatic carbocycles. The van der Waals surface area contributed by atoms with Crippen LogP contribution in [0.25, 0.3) is 0 Å². The van der Waals surface area contributed by atoms with Gasteiger partial charge in [-0.15, -0.1) is 0 Å². The van der Waals surface area contributed by atoms with Gasteiger partial charge in [0, 0.05) is 23.3 Å². The summed E-state index contributed by atoms with van der Waals surface area (Å²) < 4.78 is 5.27. The lowest BCUT2D eigenvalue weighted by molar-refractivity contribution is 0.0636. The van der Waals surface area contributed by atoms with Crippen molar-refractivity contribution < 1.29 is 9.53 Å². The first kappa shape index (κ1) is 19.2. The minimum atomic E-state index is -0.553. The Morgan fingerprint density at radius 1 is 0.893 bits per heavy atom. The first-order chi connectivity index (χ1) is 13.4. The Kier molecular flexibility index (Phi) is 5.74. The van der Waals surface area contributed by atoms with Gasteiger partial charge in [0.1, 0.15) is 11.4 Å². The maximum atomic E-state index is 11.9. The van der Waals surface area contributed by atoms with E-state index >= 15 is 0 Å². The van der Waals surface area contributed by atoms with E-state index < -0.39 is 11.7 Å². The Labute approximate surface area is 164 Å². The van der Waals surface area contributed by atoms with E-state index in [0.29, 0.717) is 17.5 Å². The molecule has 144 valence electrons. The number of rotatable bonds is 5. The lowest BCUT2D eigenvalue weighted by Crippen LogP contribution is -2.27. The van der Waals surface area contributed by atoms with Crippen molar-refractivity contribution in [1.29, 1.82) is 0 Å². The fourth-order valence-electron chi connectivity index (χ4n) is 2.38. The molecule has 0 saturated carbocycles. The lowest BCUT2D eigenvalue weighted by Gasteiger charge is -2.19. The van der Waals surface area contributed by atoms with Gasteiger partial charge in [0.25, 0.3) is 0 Å². The molecule has 0 aliphatic heterocycles. The Morgan fingerprint density at radius 3 is 2.36 bits per heavy atom. The Bertz CT molecular complexity index is 939. The van der Waals surface area contributed by atoms with Crippen LogP contribution in [-0.2, 0) is 4.74 Å². The lowest BCUT2D eigenvalue weighted by atomic mass is 10.2. The maximum absolute atomic E-state index is 11.9. The fourth-order valence-corrected chi connectivity index (χ4v) is 2.38. The average Bonchev–Trinajstić information content (AvgIpc) is 2.61. The van der Waals surface area contributed by atoms with Crippen molar-refractivity contribution in [2.45, 2.75) is 26.4 Å². The van der Waals surface area contributed by atoms with Crippen LogP contribution in [-0.4, -0.2) is 21.7 Å². The van der Waals surface area contributed by atoms with E-state index in [4.69, 9.17) is 4.74 Å². The van der Waals surface area contributed by atoms with E-state index in [-0.39, 0.29) is 0 Å². The van der Waals surface area contributed by atoms with Gasteiger partial charge in [-0.1, -0.05) is 24.3 Å². The molecule has 0 aliphatic rings. The number of hydrogen-bond acceptors (Lipinski definition) is 6. The Morgan fingerprint density at radius 2 is 1.61 bits per heavy atom. The van der Waals surface area contributed by atoms with Crippen molar-refractivity contribution in [3.05, 3.63) is 66.9 Å². The van der Waals surface area contributed by atoms with E-state index in [1.165, 1.54) is 0 Å². The zero-order valence-corrected chi connectivity index (χ0v) is 16.1. The summed E-state index contributed by atoms with van der Waals surface area (Å²) in [6.45, 7) is 5.46. The van der Waals surface area contributed by atoms with Crippen molar-refractivity contribution in [1.82, 2.24) is 9.97 Å². The summed E-state index contributed by atoms with van der Waals surface area (Å²) in [7, 11) is 0. The van der Waals surface area contributed by atoms with Crippen LogP contribution in [0, 0.1) is 0 Å². The van der Waals surface area contributed by atoms with Crippen molar-refractivity contribution in [3.63, 3.8) is 0 Å². The monoisotopic (exact) mass is 377 g/mol. The van der Waals surface area contributed by atoms with Gasteiger partial charge in [0.2, 0.25) is 5.95 Å². The molecule has 7 heteroatoms. The molecule has 7 nitrogen and oxygen atoms in total. The number of carbonyl (C=O) groups is 1. The van der Waals surface area contributed by atoms with Crippen LogP contribution >= 0.6 is 0 Å². The summed E-state index contributed by atoms with van der Waals surface area (Å²) in [5, 5.41) is 9.08. The number of hydrogen-bond donors (Lipinski definition) is 3. The van der Waals surface area contributed by atoms with Gasteiger partial charge in [0.15, 0.2) is 0 Å². The van der Waals surface area contributed by atoms with Crippen molar-refractivity contribution >= 4 is 34.9 Å². The summed E-state index contributed by atoms with van der Waals surface area (Å²) in [6, 6.07) is 18.8. The third-order valence-electron chi connectivity index (χ3n) is 3.47. The highest BCUT2D eigenvalue weighted by atomic mass is 16.6. The molecular weight excluding hydrogens is 354 g/mol. The summed E-state index contributed by atoms with van der Waals surface area (Å²) in [5.41, 5.74) is 1.75. The first-order valence-corrected chi connectivity index (χ1v) is 8.90. The first-order valence-electron chi connectivity index (χ1n) is 8.90. The fraction of sp³-hybridized carbons (Fsp3) is 0.190. The van der Waals surface area contributed by atoms with Crippen LogP contribution in [0.15, 0.2) is 66.9 Å². The highest BCUT2D eigenvalue weighted by Gasteiger charge is 2.16. The van der Waals surface area contributed by atoms with Crippen molar-refractivity contribution in [2.24, 2.45) is 0 Å². The third kappa shape index (κ3) is 5.98. The van der Waals surface area contributed by atoms with Crippen LogP contribution in [0.4, 0.5) is 33.6 Å². The molecule has 0 bridgehead atoms. The molecule has 0 unspecified atom stereocenters. The number of amides is 1. The normalized spacial score (nSPS) is 10.8. The van der Waals surface area contributed by atoms with E-state index in [0.717, 1.165) is 11.4 Å². The molecular formula is C21H23N5O2. The minimum absolute atomic E-state index is 0.485. The minimum Gasteiger partial charge on any atom is -0.444 e. The molecule has 1 heterocycles. The topological polar surface area (TPSA) is 88.2 Å². The molecule has 3 rings (SSSR count). The summed E-state index contributed by atoms with van der Waals surface area (Å²) in [5.74, 6) is 1.11. The molecule has 3 N–H and O–H groups in total. The summed E-state index contributed by atoms with van der Waals surface area (Å²) in [4.78, 5) is 20.6. The van der Waals surface area contributed by atoms with Gasteiger partial charge < -0.3 is 15.4 Å². The van der Waals surface area contributed by atoms with Gasteiger partial charge in [-0.25, -0.2) is 9.78 Å². The molecule has 0 radical (unpaired) electrons. The number of anilines is 5. The molecule has 1 amide bonds. The van der Waals surface area contributed by atoms with E-state index in [1.54, 1.807) is 24.4 Å². The van der Waals surface area contributed by atoms with Crippen molar-refractivity contribution in [3.8, 4) is 0 Å². The van der Waals surface area contributed by atoms with Crippen molar-refractivity contribution in [2.75, 3.05) is 16.0 Å². The molecule has 1 aromatic heterocycles. The standard InChI is InChI=1S/C21H23N5O2/c1-21(2,3)28-20(27)25-17-11-7-10-16(14-17)23-18-12-13-22-19(26-18)24-15-8-5-4-6-9-15/h4-14H,1-3H3,(H,25,27)(H2,22,23,24,26). The van der Waals surface area contributed by atoms with Crippen LogP contribution in [0.1, 0.15) is 20.8 Å². The largest absolute Gasteiger partial charge is 0.444 e. The van der Waals surface area contributed by atoms with Crippen LogP contribution in [0.5, 0.6) is 0 Å². The second kappa shape index (κ2) is 8.39. The van der Waals surface area contributed by atoms with Crippen LogP contribution in [0.3, 0.4) is 0 Å². The number of aromatic nitrogens is 2. The average molecular weight is 377 g/mol. The van der Waals surface area contributed by atoms with Crippen LogP contribution in [0.2, 0.25) is 0 Å². The van der Waals surface area contributed by atoms with E-state index in [1.807, 2.05) is 63.2 Å². The number of nitrogens with one attached hydrogen (secondary N) is 3. The van der Waals surface area contributed by atoms with Gasteiger partial charge in [0.05, 0.1) is 0 Å². The van der Waals surface area contributed by atoms with Gasteiger partial charge in [-0.2, -0.15) is 4.98 Å². The molecule has 2 aromatic carbocycles. The SMILES string of the molecule is CC(C)(C)OC(=O)Nc1cccc(Nc2ccnc(Nc3ccccc3)n2)c1.